The number of phenolic OH excluding ortho intramolecular Hbond substituents is 1. The molecule has 0 amide bonds. The molecule has 4 aromatic rings. The maximum atomic E-state index is 15.4. The highest BCUT2D eigenvalue weighted by Crippen LogP contribution is 2.41. The molecule has 0 saturated carbocycles. The number of methoxy groups -OCH3 is 1. The Bertz CT molecular complexity index is 1760. The number of ether oxygens (including phenoxy) is 3. The van der Waals surface area contributed by atoms with Gasteiger partial charge in [0.05, 0.1) is 41.9 Å². The van der Waals surface area contributed by atoms with E-state index in [9.17, 15) is 24.3 Å². The summed E-state index contributed by atoms with van der Waals surface area (Å²) in [6.45, 7) is 2.59. The van der Waals surface area contributed by atoms with Crippen LogP contribution in [0.25, 0.3) is 20.2 Å². The molecule has 4 rings (SSSR count). The predicted molar refractivity (Wildman–Crippen MR) is 159 cm³/mol. The number of halogens is 2. The Balaban J connectivity index is 1.42. The van der Waals surface area contributed by atoms with E-state index in [-0.39, 0.29) is 69.2 Å². The van der Waals surface area contributed by atoms with Gasteiger partial charge in [0, 0.05) is 51.6 Å². The summed E-state index contributed by atoms with van der Waals surface area (Å²) in [7, 11) is 1.32. The Kier molecular flexibility index (Phi) is 10.0. The lowest BCUT2D eigenvalue weighted by molar-refractivity contribution is -0.141. The summed E-state index contributed by atoms with van der Waals surface area (Å²) < 4.78 is 47.6. The molecule has 14 heteroatoms. The first-order valence-electron chi connectivity index (χ1n) is 13.3. The molecule has 2 heterocycles. The number of Topliss-reactive ketones (excluding diaryl/α,β-unsaturated/α-hetero) is 2. The number of ketones is 2. The summed E-state index contributed by atoms with van der Waals surface area (Å²) in [4.78, 5) is 47.5. The van der Waals surface area contributed by atoms with Gasteiger partial charge < -0.3 is 29.5 Å². The third-order valence-corrected chi connectivity index (χ3v) is 9.00. The molecule has 0 aliphatic carbocycles. The number of hydrogen-bond donors (Lipinski definition) is 3. The standard InChI is InChI=1S/C30H28F2O10S2/c1-13(29(36)37)7-17(33)23-9-15-21(43-23)11-19(35)27(25(15)31)41-5-4-6-42-28-20(40-3)12-22-16(26(28)32)10-24(44-22)18(34)8-14(2)30(38)39/h9-14,35H,4-8H2,1-3H3,(H,36,37)(H,38,39). The number of carboxylic acids is 2. The molecule has 3 N–H and O–H groups in total. The Labute approximate surface area is 257 Å². The van der Waals surface area contributed by atoms with Crippen molar-refractivity contribution in [3.8, 4) is 23.0 Å². The fourth-order valence-corrected chi connectivity index (χ4v) is 6.32. The summed E-state index contributed by atoms with van der Waals surface area (Å²) in [5.74, 6) is -7.64. The number of aliphatic carboxylic acids is 2. The Morgan fingerprint density at radius 2 is 1.23 bits per heavy atom. The van der Waals surface area contributed by atoms with E-state index in [2.05, 4.69) is 0 Å². The molecule has 2 atom stereocenters. The fraction of sp³-hybridized carbons (Fsp3) is 0.333. The Morgan fingerprint density at radius 3 is 1.70 bits per heavy atom. The molecule has 0 spiro atoms. The van der Waals surface area contributed by atoms with Crippen molar-refractivity contribution >= 4 is 66.4 Å². The lowest BCUT2D eigenvalue weighted by Gasteiger charge is -2.13. The molecule has 2 aromatic carbocycles. The van der Waals surface area contributed by atoms with Crippen LogP contribution in [0.3, 0.4) is 0 Å². The van der Waals surface area contributed by atoms with Crippen molar-refractivity contribution in [2.24, 2.45) is 11.8 Å². The Hall–Kier alpha value is -4.30. The zero-order valence-electron chi connectivity index (χ0n) is 23.8. The highest BCUT2D eigenvalue weighted by Gasteiger charge is 2.24. The fourth-order valence-electron chi connectivity index (χ4n) is 4.24. The zero-order valence-corrected chi connectivity index (χ0v) is 25.4. The maximum Gasteiger partial charge on any atom is 0.306 e. The van der Waals surface area contributed by atoms with Crippen molar-refractivity contribution in [2.75, 3.05) is 20.3 Å². The smallest absolute Gasteiger partial charge is 0.306 e. The predicted octanol–water partition coefficient (Wildman–Crippen LogP) is 6.54. The number of rotatable bonds is 15. The van der Waals surface area contributed by atoms with Crippen molar-refractivity contribution in [3.63, 3.8) is 0 Å². The number of hydrogen-bond acceptors (Lipinski definition) is 10. The second kappa shape index (κ2) is 13.6. The first-order valence-corrected chi connectivity index (χ1v) is 15.0. The van der Waals surface area contributed by atoms with Gasteiger partial charge in [0.1, 0.15) is 0 Å². The van der Waals surface area contributed by atoms with E-state index < -0.39 is 58.5 Å². The van der Waals surface area contributed by atoms with E-state index in [0.29, 0.717) is 4.70 Å². The van der Waals surface area contributed by atoms with Gasteiger partial charge in [-0.15, -0.1) is 22.7 Å². The number of carbonyl (C=O) groups is 4. The minimum absolute atomic E-state index is 0.0384. The van der Waals surface area contributed by atoms with Gasteiger partial charge in [-0.3, -0.25) is 19.2 Å². The molecule has 0 aliphatic rings. The normalized spacial score (nSPS) is 12.7. The van der Waals surface area contributed by atoms with E-state index in [4.69, 9.17) is 24.4 Å². The number of benzene rings is 2. The van der Waals surface area contributed by atoms with Crippen LogP contribution in [-0.2, 0) is 9.59 Å². The summed E-state index contributed by atoms with van der Waals surface area (Å²) in [6, 6.07) is 5.41. The van der Waals surface area contributed by atoms with Crippen LogP contribution in [0.1, 0.15) is 52.5 Å². The van der Waals surface area contributed by atoms with Crippen molar-refractivity contribution in [1.29, 1.82) is 0 Å². The lowest BCUT2D eigenvalue weighted by atomic mass is 10.0. The zero-order chi connectivity index (χ0) is 32.3. The minimum atomic E-state index is -1.12. The highest BCUT2D eigenvalue weighted by molar-refractivity contribution is 7.21. The third-order valence-electron chi connectivity index (χ3n) is 6.76. The van der Waals surface area contributed by atoms with Crippen LogP contribution >= 0.6 is 22.7 Å². The monoisotopic (exact) mass is 650 g/mol. The van der Waals surface area contributed by atoms with Crippen LogP contribution in [0.2, 0.25) is 0 Å². The number of carboxylic acid groups (broad SMARTS) is 2. The number of phenols is 1. The molecule has 44 heavy (non-hydrogen) atoms. The third kappa shape index (κ3) is 6.91. The molecule has 2 aromatic heterocycles. The van der Waals surface area contributed by atoms with E-state index in [1.807, 2.05) is 0 Å². The summed E-state index contributed by atoms with van der Waals surface area (Å²) in [6.07, 6.45) is -0.348. The van der Waals surface area contributed by atoms with Gasteiger partial charge in [-0.25, -0.2) is 8.78 Å². The second-order valence-corrected chi connectivity index (χ2v) is 12.3. The first kappa shape index (κ1) is 32.6. The molecule has 0 aliphatic heterocycles. The molecule has 234 valence electrons. The van der Waals surface area contributed by atoms with Gasteiger partial charge in [0.25, 0.3) is 0 Å². The molecule has 0 bridgehead atoms. The van der Waals surface area contributed by atoms with E-state index in [0.717, 1.165) is 22.7 Å². The molecule has 0 fully saturated rings. The van der Waals surface area contributed by atoms with Gasteiger partial charge in [0.15, 0.2) is 46.2 Å². The van der Waals surface area contributed by atoms with Crippen molar-refractivity contribution in [1.82, 2.24) is 0 Å². The van der Waals surface area contributed by atoms with Crippen LogP contribution in [0, 0.1) is 23.5 Å². The van der Waals surface area contributed by atoms with Gasteiger partial charge >= 0.3 is 11.9 Å². The molecular weight excluding hydrogens is 622 g/mol. The average Bonchev–Trinajstić information content (AvgIpc) is 3.60. The summed E-state index contributed by atoms with van der Waals surface area (Å²) in [5.41, 5.74) is 0. The van der Waals surface area contributed by atoms with Gasteiger partial charge in [-0.1, -0.05) is 13.8 Å². The van der Waals surface area contributed by atoms with Gasteiger partial charge in [-0.05, 0) is 12.1 Å². The molecular formula is C30H28F2O10S2. The van der Waals surface area contributed by atoms with Crippen molar-refractivity contribution in [2.45, 2.75) is 33.1 Å². The molecule has 0 radical (unpaired) electrons. The van der Waals surface area contributed by atoms with Crippen LogP contribution in [0.15, 0.2) is 24.3 Å². The quantitative estimate of drug-likeness (QED) is 0.0953. The summed E-state index contributed by atoms with van der Waals surface area (Å²) in [5, 5.41) is 28.6. The van der Waals surface area contributed by atoms with Crippen LogP contribution < -0.4 is 14.2 Å². The number of aromatic hydroxyl groups is 1. The summed E-state index contributed by atoms with van der Waals surface area (Å²) >= 11 is 1.94. The van der Waals surface area contributed by atoms with Crippen LogP contribution in [0.4, 0.5) is 8.78 Å². The highest BCUT2D eigenvalue weighted by atomic mass is 32.1. The molecule has 10 nitrogen and oxygen atoms in total. The largest absolute Gasteiger partial charge is 0.504 e. The number of carbonyl (C=O) groups excluding carboxylic acids is 2. The average molecular weight is 651 g/mol. The van der Waals surface area contributed by atoms with E-state index >= 15 is 8.78 Å². The Morgan fingerprint density at radius 1 is 0.773 bits per heavy atom. The van der Waals surface area contributed by atoms with Crippen molar-refractivity contribution < 1.29 is 57.5 Å². The minimum Gasteiger partial charge on any atom is -0.504 e. The SMILES string of the molecule is COc1cc2sc(C(=O)CC(C)C(=O)O)cc2c(F)c1OCCCOc1c(O)cc2sc(C(=O)CC(C)C(=O)O)cc2c1F. The maximum absolute atomic E-state index is 15.4. The topological polar surface area (TPSA) is 157 Å². The second-order valence-electron chi connectivity index (χ2n) is 10.1. The number of thiophene rings is 2. The first-order chi connectivity index (χ1) is 20.8. The van der Waals surface area contributed by atoms with E-state index in [1.54, 1.807) is 0 Å². The van der Waals surface area contributed by atoms with Gasteiger partial charge in [0.2, 0.25) is 0 Å². The molecule has 0 saturated heterocycles. The lowest BCUT2D eigenvalue weighted by Crippen LogP contribution is -2.14. The number of fused-ring (bicyclic) bond motifs is 2. The van der Waals surface area contributed by atoms with Crippen molar-refractivity contribution in [3.05, 3.63) is 45.7 Å². The van der Waals surface area contributed by atoms with E-state index in [1.165, 1.54) is 45.2 Å². The van der Waals surface area contributed by atoms with Crippen LogP contribution in [0.5, 0.6) is 23.0 Å². The molecule has 2 unspecified atom stereocenters. The van der Waals surface area contributed by atoms with Crippen LogP contribution in [-0.4, -0.2) is 59.1 Å². The van der Waals surface area contributed by atoms with Gasteiger partial charge in [-0.2, -0.15) is 0 Å².